The molecule has 0 saturated carbocycles. The lowest BCUT2D eigenvalue weighted by Crippen LogP contribution is -2.47. The molecule has 0 radical (unpaired) electrons. The van der Waals surface area contributed by atoms with Crippen molar-refractivity contribution in [1.29, 1.82) is 0 Å². The van der Waals surface area contributed by atoms with E-state index in [0.717, 1.165) is 4.88 Å². The molecule has 1 N–H and O–H groups in total. The van der Waals surface area contributed by atoms with Gasteiger partial charge >= 0.3 is 6.18 Å². The van der Waals surface area contributed by atoms with Crippen molar-refractivity contribution in [3.05, 3.63) is 46.7 Å². The third-order valence-electron chi connectivity index (χ3n) is 3.95. The summed E-state index contributed by atoms with van der Waals surface area (Å²) in [6, 6.07) is 10.8. The summed E-state index contributed by atoms with van der Waals surface area (Å²) in [4.78, 5) is 16.4. The fraction of sp³-hybridized carbons (Fsp3) is 0.353. The summed E-state index contributed by atoms with van der Waals surface area (Å²) >= 11 is 1.56. The molecule has 1 amide bonds. The van der Waals surface area contributed by atoms with Gasteiger partial charge in [-0.2, -0.15) is 13.2 Å². The van der Waals surface area contributed by atoms with Crippen molar-refractivity contribution >= 4 is 28.6 Å². The summed E-state index contributed by atoms with van der Waals surface area (Å²) in [5, 5.41) is 4.79. The maximum atomic E-state index is 12.8. The number of fused-ring (bicyclic) bond motifs is 1. The van der Waals surface area contributed by atoms with Gasteiger partial charge < -0.3 is 15.1 Å². The third kappa shape index (κ3) is 4.66. The molecule has 2 aromatic rings. The first-order valence-corrected chi connectivity index (χ1v) is 8.75. The van der Waals surface area contributed by atoms with Crippen molar-refractivity contribution < 1.29 is 18.0 Å². The van der Waals surface area contributed by atoms with E-state index in [4.69, 9.17) is 0 Å². The van der Waals surface area contributed by atoms with E-state index >= 15 is 0 Å². The fourth-order valence-electron chi connectivity index (χ4n) is 2.85. The smallest absolute Gasteiger partial charge is 0.359 e. The van der Waals surface area contributed by atoms with E-state index in [-0.39, 0.29) is 19.0 Å². The summed E-state index contributed by atoms with van der Waals surface area (Å²) in [5.74, 6) is -0.146. The number of carbonyl (C=O) groups is 1. The second-order valence-electron chi connectivity index (χ2n) is 5.80. The minimum Gasteiger partial charge on any atom is -0.359 e. The maximum absolute atomic E-state index is 12.8. The van der Waals surface area contributed by atoms with Gasteiger partial charge in [0.2, 0.25) is 5.91 Å². The molecule has 1 aromatic heterocycles. The van der Waals surface area contributed by atoms with E-state index in [0.29, 0.717) is 24.5 Å². The lowest BCUT2D eigenvalue weighted by Gasteiger charge is -2.38. The molecule has 2 heterocycles. The highest BCUT2D eigenvalue weighted by Gasteiger charge is 2.34. The van der Waals surface area contributed by atoms with Gasteiger partial charge in [-0.25, -0.2) is 0 Å². The standard InChI is InChI=1S/C17H18F3N3OS/c18-17(19,20)12-23-8-7-22(14-5-1-2-6-15(14)23)11-16(24)21-10-13-4-3-9-25-13/h1-6,9H,7-8,10-12H2,(H,21,24). The molecule has 8 heteroatoms. The average Bonchev–Trinajstić information content (AvgIpc) is 3.08. The average molecular weight is 369 g/mol. The normalized spacial score (nSPS) is 14.4. The zero-order valence-electron chi connectivity index (χ0n) is 13.4. The molecule has 134 valence electrons. The van der Waals surface area contributed by atoms with Crippen LogP contribution in [-0.4, -0.2) is 38.3 Å². The Morgan fingerprint density at radius 1 is 1.08 bits per heavy atom. The summed E-state index contributed by atoms with van der Waals surface area (Å²) in [5.41, 5.74) is 1.17. The van der Waals surface area contributed by atoms with Crippen LogP contribution in [-0.2, 0) is 11.3 Å². The van der Waals surface area contributed by atoms with Crippen LogP contribution in [0.25, 0.3) is 0 Å². The maximum Gasteiger partial charge on any atom is 0.405 e. The zero-order chi connectivity index (χ0) is 17.9. The molecule has 3 rings (SSSR count). The molecular weight excluding hydrogens is 351 g/mol. The molecule has 0 saturated heterocycles. The van der Waals surface area contributed by atoms with Crippen LogP contribution < -0.4 is 15.1 Å². The number of hydrogen-bond donors (Lipinski definition) is 1. The molecule has 25 heavy (non-hydrogen) atoms. The Morgan fingerprint density at radius 2 is 1.76 bits per heavy atom. The molecule has 0 fully saturated rings. The first-order valence-electron chi connectivity index (χ1n) is 7.87. The van der Waals surface area contributed by atoms with Crippen LogP contribution in [0.3, 0.4) is 0 Å². The van der Waals surface area contributed by atoms with Gasteiger partial charge in [0.25, 0.3) is 0 Å². The fourth-order valence-corrected chi connectivity index (χ4v) is 3.50. The number of alkyl halides is 3. The van der Waals surface area contributed by atoms with Gasteiger partial charge in [-0.3, -0.25) is 4.79 Å². The molecular formula is C17H18F3N3OS. The van der Waals surface area contributed by atoms with Crippen molar-refractivity contribution in [2.45, 2.75) is 12.7 Å². The van der Waals surface area contributed by atoms with Gasteiger partial charge in [0.15, 0.2) is 0 Å². The zero-order valence-corrected chi connectivity index (χ0v) is 14.2. The van der Waals surface area contributed by atoms with Crippen molar-refractivity contribution in [3.8, 4) is 0 Å². The van der Waals surface area contributed by atoms with Crippen LogP contribution in [0.5, 0.6) is 0 Å². The number of carbonyl (C=O) groups excluding carboxylic acids is 1. The topological polar surface area (TPSA) is 35.6 Å². The van der Waals surface area contributed by atoms with Crippen LogP contribution in [0.2, 0.25) is 0 Å². The van der Waals surface area contributed by atoms with Crippen LogP contribution in [0.1, 0.15) is 4.88 Å². The molecule has 1 aliphatic heterocycles. The lowest BCUT2D eigenvalue weighted by molar-refractivity contribution is -0.121. The Bertz CT molecular complexity index is 718. The Hall–Kier alpha value is -2.22. The number of amides is 1. The van der Waals surface area contributed by atoms with Crippen molar-refractivity contribution in [3.63, 3.8) is 0 Å². The second-order valence-corrected chi connectivity index (χ2v) is 6.84. The number of hydrogen-bond acceptors (Lipinski definition) is 4. The number of thiophene rings is 1. The molecule has 0 aliphatic carbocycles. The first kappa shape index (κ1) is 17.6. The largest absolute Gasteiger partial charge is 0.405 e. The number of nitrogens with one attached hydrogen (secondary N) is 1. The van der Waals surface area contributed by atoms with Gasteiger partial charge in [-0.05, 0) is 23.6 Å². The summed E-state index contributed by atoms with van der Waals surface area (Å²) in [6.07, 6.45) is -4.26. The summed E-state index contributed by atoms with van der Waals surface area (Å²) in [7, 11) is 0. The van der Waals surface area contributed by atoms with Crippen LogP contribution in [0, 0.1) is 0 Å². The van der Waals surface area contributed by atoms with Crippen molar-refractivity contribution in [2.24, 2.45) is 0 Å². The number of rotatable bonds is 5. The highest BCUT2D eigenvalue weighted by molar-refractivity contribution is 7.09. The number of halogens is 3. The monoisotopic (exact) mass is 369 g/mol. The first-order chi connectivity index (χ1) is 11.9. The van der Waals surface area contributed by atoms with Gasteiger partial charge in [-0.1, -0.05) is 18.2 Å². The molecule has 4 nitrogen and oxygen atoms in total. The van der Waals surface area contributed by atoms with E-state index in [9.17, 15) is 18.0 Å². The van der Waals surface area contributed by atoms with Gasteiger partial charge in [0.1, 0.15) is 6.54 Å². The van der Waals surface area contributed by atoms with E-state index in [2.05, 4.69) is 5.32 Å². The minimum absolute atomic E-state index is 0.127. The quantitative estimate of drug-likeness (QED) is 0.879. The Balaban J connectivity index is 1.66. The Kier molecular flexibility index (Phi) is 5.17. The molecule has 0 bridgehead atoms. The van der Waals surface area contributed by atoms with Crippen LogP contribution >= 0.6 is 11.3 Å². The second kappa shape index (κ2) is 7.35. The van der Waals surface area contributed by atoms with E-state index in [1.165, 1.54) is 4.90 Å². The lowest BCUT2D eigenvalue weighted by atomic mass is 10.1. The summed E-state index contributed by atoms with van der Waals surface area (Å²) in [6.45, 7) is 0.213. The van der Waals surface area contributed by atoms with E-state index in [1.54, 1.807) is 35.6 Å². The highest BCUT2D eigenvalue weighted by atomic mass is 32.1. The molecule has 0 atom stereocenters. The summed E-state index contributed by atoms with van der Waals surface area (Å²) < 4.78 is 38.3. The van der Waals surface area contributed by atoms with Crippen LogP contribution in [0.15, 0.2) is 41.8 Å². The predicted molar refractivity (Wildman–Crippen MR) is 93.1 cm³/mol. The van der Waals surface area contributed by atoms with E-state index < -0.39 is 12.7 Å². The van der Waals surface area contributed by atoms with Crippen molar-refractivity contribution in [1.82, 2.24) is 5.32 Å². The molecule has 1 aromatic carbocycles. The van der Waals surface area contributed by atoms with Gasteiger partial charge in [0.05, 0.1) is 24.5 Å². The van der Waals surface area contributed by atoms with Crippen molar-refractivity contribution in [2.75, 3.05) is 36.0 Å². The number of anilines is 2. The van der Waals surface area contributed by atoms with Gasteiger partial charge in [0, 0.05) is 18.0 Å². The molecule has 0 unspecified atom stereocenters. The molecule has 1 aliphatic rings. The predicted octanol–water partition coefficient (Wildman–Crippen LogP) is 3.25. The SMILES string of the molecule is O=C(CN1CCN(CC(F)(F)F)c2ccccc21)NCc1cccs1. The minimum atomic E-state index is -4.26. The van der Waals surface area contributed by atoms with E-state index in [1.807, 2.05) is 22.4 Å². The number of nitrogens with zero attached hydrogens (tertiary/aromatic N) is 2. The molecule has 0 spiro atoms. The number of benzene rings is 1. The number of para-hydroxylation sites is 2. The Labute approximate surface area is 147 Å². The van der Waals surface area contributed by atoms with Gasteiger partial charge in [-0.15, -0.1) is 11.3 Å². The third-order valence-corrected chi connectivity index (χ3v) is 4.82. The Morgan fingerprint density at radius 3 is 2.40 bits per heavy atom. The van der Waals surface area contributed by atoms with Crippen LogP contribution in [0.4, 0.5) is 24.5 Å². The highest BCUT2D eigenvalue weighted by Crippen LogP contribution is 2.34.